The first kappa shape index (κ1) is 44.2. The number of aromatic nitrogens is 2. The summed E-state index contributed by atoms with van der Waals surface area (Å²) in [5.41, 5.74) is 6.53. The maximum Gasteiger partial charge on any atom is 0.278 e. The van der Waals surface area contributed by atoms with Crippen LogP contribution in [-0.4, -0.2) is 82.8 Å². The van der Waals surface area contributed by atoms with Crippen molar-refractivity contribution in [2.75, 3.05) is 49.5 Å². The molecule has 6 aliphatic heterocycles. The fraction of sp³-hybridized carbons (Fsp3) is 0.250. The largest absolute Gasteiger partial charge is 0.474 e. The number of hydrogen-bond acceptors (Lipinski definition) is 12. The number of halogens is 1. The van der Waals surface area contributed by atoms with E-state index >= 15 is 0 Å². The van der Waals surface area contributed by atoms with Gasteiger partial charge in [-0.3, -0.25) is 38.5 Å². The number of nitrogens with zero attached hydrogens (tertiary/aromatic N) is 6. The van der Waals surface area contributed by atoms with Crippen LogP contribution >= 0.6 is 54.1 Å². The van der Waals surface area contributed by atoms with Gasteiger partial charge in [0, 0.05) is 69.5 Å². The summed E-state index contributed by atoms with van der Waals surface area (Å²) in [6.45, 7) is 2.46. The van der Waals surface area contributed by atoms with Crippen LogP contribution in [0.3, 0.4) is 0 Å². The lowest BCUT2D eigenvalue weighted by atomic mass is 9.93. The van der Waals surface area contributed by atoms with Crippen LogP contribution in [0.4, 0.5) is 0 Å². The van der Waals surface area contributed by atoms with Crippen molar-refractivity contribution in [3.63, 3.8) is 0 Å². The minimum Gasteiger partial charge on any atom is -0.474 e. The average molecular weight is 993 g/mol. The Labute approximate surface area is 403 Å². The maximum atomic E-state index is 13.6. The topological polar surface area (TPSA) is 128 Å². The predicted octanol–water partition coefficient (Wildman–Crippen LogP) is 6.98. The lowest BCUT2D eigenvalue weighted by Crippen LogP contribution is -2.66. The van der Waals surface area contributed by atoms with Gasteiger partial charge in [0.05, 0.1) is 51.4 Å². The second kappa shape index (κ2) is 18.3. The quantitative estimate of drug-likeness (QED) is 0.169. The lowest BCUT2D eigenvalue weighted by Gasteiger charge is -2.51. The smallest absolute Gasteiger partial charge is 0.278 e. The number of carbonyl (C=O) groups excluding carboxylic acids is 2. The van der Waals surface area contributed by atoms with Gasteiger partial charge in [0.15, 0.2) is 11.4 Å². The van der Waals surface area contributed by atoms with E-state index in [0.717, 1.165) is 38.7 Å². The number of carbonyl (C=O) groups is 2. The highest BCUT2D eigenvalue weighted by Gasteiger charge is 2.48. The monoisotopic (exact) mass is 992 g/mol. The second-order valence-electron chi connectivity index (χ2n) is 16.5. The molecule has 2 fully saturated rings. The average Bonchev–Trinajstić information content (AvgIpc) is 3.64. The number of benzene rings is 4. The lowest BCUT2D eigenvalue weighted by molar-refractivity contribution is -0.0197. The summed E-state index contributed by atoms with van der Waals surface area (Å²) in [6, 6.07) is 33.4. The molecule has 0 aliphatic carbocycles. The Bertz CT molecular complexity index is 3040. The van der Waals surface area contributed by atoms with Gasteiger partial charge in [0.2, 0.25) is 22.4 Å². The van der Waals surface area contributed by atoms with E-state index in [0.29, 0.717) is 44.5 Å². The van der Waals surface area contributed by atoms with E-state index in [1.165, 1.54) is 28.2 Å². The van der Waals surface area contributed by atoms with Crippen molar-refractivity contribution in [3.8, 4) is 11.5 Å². The molecule has 12 rings (SSSR count). The molecular formula is C48H43ClN6O8P2S2. The van der Waals surface area contributed by atoms with Gasteiger partial charge >= 0.3 is 0 Å². The summed E-state index contributed by atoms with van der Waals surface area (Å²) in [5, 5.41) is 4.94. The van der Waals surface area contributed by atoms with E-state index in [1.54, 1.807) is 43.3 Å². The number of hydrogen-bond donors (Lipinski definition) is 0. The zero-order valence-electron chi connectivity index (χ0n) is 35.7. The van der Waals surface area contributed by atoms with Gasteiger partial charge in [-0.05, 0) is 46.0 Å². The SMILES string of the molecule is O=C1c2c(OP)c(=O)ccn2N([C@@H]2c3ccccc3SCc3cccc(Cl)c32)[C@@H]2COCCN12.O=C1c2c(OP)c(=O)ccn2N([C@H]2c3ccccc3CSc3ccccc32)[C@@H]2COCCN12. The van der Waals surface area contributed by atoms with E-state index in [9.17, 15) is 19.2 Å². The first-order valence-electron chi connectivity index (χ1n) is 21.7. The third-order valence-corrected chi connectivity index (χ3v) is 16.1. The van der Waals surface area contributed by atoms with E-state index in [2.05, 4.69) is 89.6 Å². The zero-order chi connectivity index (χ0) is 45.9. The van der Waals surface area contributed by atoms with Crippen LogP contribution in [0.2, 0.25) is 5.02 Å². The molecule has 0 N–H and O–H groups in total. The van der Waals surface area contributed by atoms with E-state index < -0.39 is 0 Å². The maximum absolute atomic E-state index is 13.6. The molecule has 6 aliphatic rings. The minimum atomic E-state index is -0.390. The Balaban J connectivity index is 0.000000148. The third-order valence-electron chi connectivity index (χ3n) is 13.0. The van der Waals surface area contributed by atoms with Gasteiger partial charge in [-0.25, -0.2) is 0 Å². The fourth-order valence-corrected chi connectivity index (χ4v) is 13.0. The number of fused-ring (bicyclic) bond motifs is 8. The molecule has 8 heterocycles. The molecule has 0 bridgehead atoms. The molecule has 2 unspecified atom stereocenters. The van der Waals surface area contributed by atoms with Crippen LogP contribution in [0.15, 0.2) is 135 Å². The zero-order valence-corrected chi connectivity index (χ0v) is 40.4. The van der Waals surface area contributed by atoms with Crippen molar-refractivity contribution >= 4 is 65.9 Å². The Morgan fingerprint density at radius 2 is 1.04 bits per heavy atom. The molecule has 19 heteroatoms. The van der Waals surface area contributed by atoms with Gasteiger partial charge in [-0.2, -0.15) is 0 Å². The van der Waals surface area contributed by atoms with E-state index in [1.807, 2.05) is 42.1 Å². The molecule has 0 saturated carbocycles. The van der Waals surface area contributed by atoms with Crippen molar-refractivity contribution < 1.29 is 28.1 Å². The summed E-state index contributed by atoms with van der Waals surface area (Å²) >= 11 is 10.5. The van der Waals surface area contributed by atoms with Gasteiger partial charge in [0.25, 0.3) is 11.8 Å². The molecule has 67 heavy (non-hydrogen) atoms. The van der Waals surface area contributed by atoms with Crippen molar-refractivity contribution in [2.24, 2.45) is 0 Å². The molecular weight excluding hydrogens is 950 g/mol. The van der Waals surface area contributed by atoms with Crippen molar-refractivity contribution in [1.29, 1.82) is 0 Å². The molecule has 14 nitrogen and oxygen atoms in total. The molecule has 2 saturated heterocycles. The standard InChI is InChI=1S/C24H21ClN3O4PS.C24H22N3O4PS/c25-16-6-3-4-14-13-34-18-7-2-1-5-15(18)21(20(14)16)28-19-12-31-11-10-26(19)24(30)22-23(32-33)17(29)8-9-27(22)28;28-18-9-10-26-22(23(18)31-32)24(29)25-11-12-30-13-20(25)27(26)21-16-6-2-1-5-15(16)14-33-19-8-4-3-7-17(19)21/h1-9,19,21H,10-13,33H2;1-10,20-21H,11-14,32H2/t19-,21-;20-,21+/m11/s1. The predicted molar refractivity (Wildman–Crippen MR) is 263 cm³/mol. The van der Waals surface area contributed by atoms with Crippen LogP contribution < -0.4 is 29.9 Å². The summed E-state index contributed by atoms with van der Waals surface area (Å²) < 4.78 is 26.0. The fourth-order valence-electron chi connectivity index (χ4n) is 10.1. The molecule has 4 aromatic carbocycles. The van der Waals surface area contributed by atoms with Gasteiger partial charge in [0.1, 0.15) is 18.4 Å². The number of rotatable bonds is 4. The molecule has 2 amide bonds. The summed E-state index contributed by atoms with van der Waals surface area (Å²) in [4.78, 5) is 58.3. The van der Waals surface area contributed by atoms with Crippen molar-refractivity contribution in [3.05, 3.63) is 186 Å². The first-order valence-corrected chi connectivity index (χ1v) is 25.0. The molecule has 2 aromatic heterocycles. The molecule has 6 aromatic rings. The van der Waals surface area contributed by atoms with Crippen LogP contribution in [0.1, 0.15) is 66.4 Å². The number of thioether (sulfide) groups is 2. The summed E-state index contributed by atoms with van der Waals surface area (Å²) in [5.74, 6) is 1.20. The van der Waals surface area contributed by atoms with E-state index in [-0.39, 0.29) is 70.0 Å². The minimum absolute atomic E-state index is 0.00288. The number of amides is 2. The first-order chi connectivity index (χ1) is 32.8. The Kier molecular flexibility index (Phi) is 12.1. The third kappa shape index (κ3) is 7.43. The molecule has 342 valence electrons. The Morgan fingerprint density at radius 1 is 0.567 bits per heavy atom. The van der Waals surface area contributed by atoms with Crippen LogP contribution in [0.25, 0.3) is 0 Å². The van der Waals surface area contributed by atoms with E-state index in [4.69, 9.17) is 30.1 Å². The highest BCUT2D eigenvalue weighted by atomic mass is 35.5. The molecule has 0 spiro atoms. The van der Waals surface area contributed by atoms with Gasteiger partial charge in [-0.15, -0.1) is 23.5 Å². The molecule has 6 atom stereocenters. The number of pyridine rings is 2. The molecule has 0 radical (unpaired) electrons. The van der Waals surface area contributed by atoms with Gasteiger partial charge < -0.3 is 28.3 Å². The van der Waals surface area contributed by atoms with Crippen LogP contribution in [0.5, 0.6) is 11.5 Å². The van der Waals surface area contributed by atoms with Crippen molar-refractivity contribution in [1.82, 2.24) is 19.2 Å². The van der Waals surface area contributed by atoms with Crippen LogP contribution in [-0.2, 0) is 21.0 Å². The Morgan fingerprint density at radius 3 is 1.61 bits per heavy atom. The normalized spacial score (nSPS) is 21.3. The number of ether oxygens (including phenoxy) is 2. The number of morpholine rings is 2. The highest BCUT2D eigenvalue weighted by molar-refractivity contribution is 7.98. The Hall–Kier alpha value is -5.31. The van der Waals surface area contributed by atoms with Crippen LogP contribution in [0, 0.1) is 0 Å². The highest BCUT2D eigenvalue weighted by Crippen LogP contribution is 2.47. The second-order valence-corrected chi connectivity index (χ2v) is 19.4. The van der Waals surface area contributed by atoms with Crippen molar-refractivity contribution in [2.45, 2.75) is 45.7 Å². The summed E-state index contributed by atoms with van der Waals surface area (Å²) in [7, 11) is 4.21. The summed E-state index contributed by atoms with van der Waals surface area (Å²) in [6.07, 6.45) is 2.61. The van der Waals surface area contributed by atoms with Gasteiger partial charge in [-0.1, -0.05) is 84.4 Å².